The highest BCUT2D eigenvalue weighted by molar-refractivity contribution is 5.95. The molecule has 28 heavy (non-hydrogen) atoms. The summed E-state index contributed by atoms with van der Waals surface area (Å²) in [5.41, 5.74) is 0.540. The number of rotatable bonds is 7. The molecule has 8 heteroatoms. The minimum atomic E-state index is -0.113. The van der Waals surface area contributed by atoms with Crippen LogP contribution < -0.4 is 14.8 Å². The minimum Gasteiger partial charge on any atom is -0.497 e. The molecule has 0 saturated carbocycles. The molecule has 1 aliphatic heterocycles. The Bertz CT molecular complexity index is 798. The number of aromatic nitrogens is 3. The Hall–Kier alpha value is -2.61. The maximum Gasteiger partial charge on any atom is 0.251 e. The highest BCUT2D eigenvalue weighted by Gasteiger charge is 2.22. The fourth-order valence-corrected chi connectivity index (χ4v) is 3.63. The number of likely N-dealkylation sites (tertiary alicyclic amines) is 1. The number of ether oxygens (including phenoxy) is 2. The molecule has 1 unspecified atom stereocenters. The normalized spacial score (nSPS) is 17.4. The summed E-state index contributed by atoms with van der Waals surface area (Å²) < 4.78 is 12.3. The van der Waals surface area contributed by atoms with Gasteiger partial charge in [-0.2, -0.15) is 5.10 Å². The van der Waals surface area contributed by atoms with E-state index in [2.05, 4.69) is 20.3 Å². The first-order chi connectivity index (χ1) is 13.5. The molecule has 2 aromatic rings. The smallest absolute Gasteiger partial charge is 0.251 e. The number of piperidine rings is 1. The molecule has 1 fully saturated rings. The predicted molar refractivity (Wildman–Crippen MR) is 106 cm³/mol. The van der Waals surface area contributed by atoms with E-state index in [1.54, 1.807) is 32.4 Å². The SMILES string of the molecule is COc1cc(OC)cc(C(=O)NCC2CCCN(Cc3nc(C)nn3C)C2)c1. The number of aryl methyl sites for hydroxylation is 2. The molecule has 1 saturated heterocycles. The van der Waals surface area contributed by atoms with Crippen molar-refractivity contribution < 1.29 is 14.3 Å². The summed E-state index contributed by atoms with van der Waals surface area (Å²) in [4.78, 5) is 19.5. The Balaban J connectivity index is 1.55. The first kappa shape index (κ1) is 20.1. The number of nitrogens with zero attached hydrogens (tertiary/aromatic N) is 4. The molecule has 1 atom stereocenters. The molecule has 0 radical (unpaired) electrons. The highest BCUT2D eigenvalue weighted by Crippen LogP contribution is 2.23. The van der Waals surface area contributed by atoms with E-state index >= 15 is 0 Å². The van der Waals surface area contributed by atoms with Crippen LogP contribution in [-0.2, 0) is 13.6 Å². The second-order valence-corrected chi connectivity index (χ2v) is 7.25. The number of benzene rings is 1. The lowest BCUT2D eigenvalue weighted by Crippen LogP contribution is -2.41. The zero-order valence-electron chi connectivity index (χ0n) is 17.1. The Labute approximate surface area is 165 Å². The Kier molecular flexibility index (Phi) is 6.51. The number of amides is 1. The summed E-state index contributed by atoms with van der Waals surface area (Å²) in [6, 6.07) is 5.20. The average Bonchev–Trinajstić information content (AvgIpc) is 3.02. The van der Waals surface area contributed by atoms with Crippen molar-refractivity contribution in [1.82, 2.24) is 25.0 Å². The molecule has 1 N–H and O–H groups in total. The van der Waals surface area contributed by atoms with Gasteiger partial charge in [-0.25, -0.2) is 4.98 Å². The van der Waals surface area contributed by atoms with E-state index in [1.807, 2.05) is 18.7 Å². The van der Waals surface area contributed by atoms with E-state index in [-0.39, 0.29) is 5.91 Å². The van der Waals surface area contributed by atoms with Gasteiger partial charge < -0.3 is 14.8 Å². The van der Waals surface area contributed by atoms with Crippen molar-refractivity contribution in [3.63, 3.8) is 0 Å². The molecule has 2 heterocycles. The molecule has 1 aliphatic rings. The van der Waals surface area contributed by atoms with Crippen LogP contribution in [0.2, 0.25) is 0 Å². The van der Waals surface area contributed by atoms with Crippen molar-refractivity contribution in [3.8, 4) is 11.5 Å². The molecule has 8 nitrogen and oxygen atoms in total. The maximum absolute atomic E-state index is 12.6. The van der Waals surface area contributed by atoms with E-state index in [0.29, 0.717) is 29.5 Å². The lowest BCUT2D eigenvalue weighted by molar-refractivity contribution is 0.0929. The van der Waals surface area contributed by atoms with Crippen LogP contribution in [0.3, 0.4) is 0 Å². The van der Waals surface area contributed by atoms with E-state index in [0.717, 1.165) is 44.1 Å². The lowest BCUT2D eigenvalue weighted by atomic mass is 9.98. The average molecular weight is 387 g/mol. The van der Waals surface area contributed by atoms with Crippen LogP contribution in [0.5, 0.6) is 11.5 Å². The molecule has 0 bridgehead atoms. The third-order valence-electron chi connectivity index (χ3n) is 5.09. The van der Waals surface area contributed by atoms with Crippen molar-refractivity contribution in [3.05, 3.63) is 35.4 Å². The topological polar surface area (TPSA) is 81.5 Å². The monoisotopic (exact) mass is 387 g/mol. The van der Waals surface area contributed by atoms with Crippen LogP contribution >= 0.6 is 0 Å². The summed E-state index contributed by atoms with van der Waals surface area (Å²) in [5, 5.41) is 7.38. The summed E-state index contributed by atoms with van der Waals surface area (Å²) in [6.45, 7) is 5.32. The molecule has 152 valence electrons. The van der Waals surface area contributed by atoms with Crippen molar-refractivity contribution in [2.45, 2.75) is 26.3 Å². The molecular weight excluding hydrogens is 358 g/mol. The van der Waals surface area contributed by atoms with Gasteiger partial charge >= 0.3 is 0 Å². The summed E-state index contributed by atoms with van der Waals surface area (Å²) in [6.07, 6.45) is 2.22. The van der Waals surface area contributed by atoms with Gasteiger partial charge in [0.15, 0.2) is 0 Å². The number of carbonyl (C=O) groups is 1. The summed E-state index contributed by atoms with van der Waals surface area (Å²) in [5.74, 6) is 3.29. The Morgan fingerprint density at radius 2 is 1.96 bits per heavy atom. The number of nitrogens with one attached hydrogen (secondary N) is 1. The van der Waals surface area contributed by atoms with E-state index in [1.165, 1.54) is 0 Å². The van der Waals surface area contributed by atoms with E-state index in [9.17, 15) is 4.79 Å². The molecule has 1 aromatic carbocycles. The van der Waals surface area contributed by atoms with E-state index in [4.69, 9.17) is 9.47 Å². The third-order valence-corrected chi connectivity index (χ3v) is 5.09. The number of hydrogen-bond donors (Lipinski definition) is 1. The fourth-order valence-electron chi connectivity index (χ4n) is 3.63. The van der Waals surface area contributed by atoms with Crippen LogP contribution in [0.25, 0.3) is 0 Å². The second-order valence-electron chi connectivity index (χ2n) is 7.25. The summed E-state index contributed by atoms with van der Waals surface area (Å²) >= 11 is 0. The van der Waals surface area contributed by atoms with Gasteiger partial charge in [0.05, 0.1) is 20.8 Å². The molecule has 0 spiro atoms. The maximum atomic E-state index is 12.6. The quantitative estimate of drug-likeness (QED) is 0.780. The minimum absolute atomic E-state index is 0.113. The largest absolute Gasteiger partial charge is 0.497 e. The predicted octanol–water partition coefficient (Wildman–Crippen LogP) is 1.78. The van der Waals surface area contributed by atoms with Gasteiger partial charge in [0.2, 0.25) is 0 Å². The Morgan fingerprint density at radius 1 is 1.25 bits per heavy atom. The number of methoxy groups -OCH3 is 2. The van der Waals surface area contributed by atoms with Gasteiger partial charge in [-0.1, -0.05) is 0 Å². The van der Waals surface area contributed by atoms with Crippen molar-refractivity contribution in [2.24, 2.45) is 13.0 Å². The zero-order chi connectivity index (χ0) is 20.1. The van der Waals surface area contributed by atoms with E-state index < -0.39 is 0 Å². The van der Waals surface area contributed by atoms with Crippen molar-refractivity contribution in [2.75, 3.05) is 33.9 Å². The van der Waals surface area contributed by atoms with Crippen LogP contribution in [0.15, 0.2) is 18.2 Å². The number of hydrogen-bond acceptors (Lipinski definition) is 6. The van der Waals surface area contributed by atoms with Gasteiger partial charge in [0, 0.05) is 31.8 Å². The Morgan fingerprint density at radius 3 is 2.57 bits per heavy atom. The second kappa shape index (κ2) is 9.05. The molecule has 1 amide bonds. The van der Waals surface area contributed by atoms with Crippen LogP contribution in [0.1, 0.15) is 34.8 Å². The first-order valence-corrected chi connectivity index (χ1v) is 9.58. The fraction of sp³-hybridized carbons (Fsp3) is 0.550. The van der Waals surface area contributed by atoms with Gasteiger partial charge in [-0.15, -0.1) is 0 Å². The van der Waals surface area contributed by atoms with Crippen LogP contribution in [-0.4, -0.2) is 59.4 Å². The van der Waals surface area contributed by atoms with Crippen molar-refractivity contribution >= 4 is 5.91 Å². The molecule has 3 rings (SSSR count). The molecule has 0 aliphatic carbocycles. The standard InChI is InChI=1S/C20H29N5O3/c1-14-22-19(24(2)23-14)13-25-7-5-6-15(12-25)11-21-20(26)16-8-17(27-3)10-18(9-16)28-4/h8-10,15H,5-7,11-13H2,1-4H3,(H,21,26). The zero-order valence-corrected chi connectivity index (χ0v) is 17.1. The highest BCUT2D eigenvalue weighted by atomic mass is 16.5. The van der Waals surface area contributed by atoms with Gasteiger partial charge in [-0.05, 0) is 44.4 Å². The third kappa shape index (κ3) is 5.01. The van der Waals surface area contributed by atoms with Crippen LogP contribution in [0, 0.1) is 12.8 Å². The van der Waals surface area contributed by atoms with Crippen LogP contribution in [0.4, 0.5) is 0 Å². The lowest BCUT2D eigenvalue weighted by Gasteiger charge is -2.32. The molecular formula is C20H29N5O3. The summed E-state index contributed by atoms with van der Waals surface area (Å²) in [7, 11) is 5.08. The van der Waals surface area contributed by atoms with Gasteiger partial charge in [0.25, 0.3) is 5.91 Å². The van der Waals surface area contributed by atoms with Crippen molar-refractivity contribution in [1.29, 1.82) is 0 Å². The van der Waals surface area contributed by atoms with Gasteiger partial charge in [-0.3, -0.25) is 14.4 Å². The first-order valence-electron chi connectivity index (χ1n) is 9.58. The van der Waals surface area contributed by atoms with Gasteiger partial charge in [0.1, 0.15) is 23.1 Å². The number of carbonyl (C=O) groups excluding carboxylic acids is 1. The molecule has 1 aromatic heterocycles.